The van der Waals surface area contributed by atoms with Crippen molar-refractivity contribution in [2.24, 2.45) is 17.3 Å². The summed E-state index contributed by atoms with van der Waals surface area (Å²) in [6.07, 6.45) is 6.39. The zero-order valence-corrected chi connectivity index (χ0v) is 16.8. The van der Waals surface area contributed by atoms with Crippen molar-refractivity contribution in [1.82, 2.24) is 0 Å². The van der Waals surface area contributed by atoms with Gasteiger partial charge < -0.3 is 15.3 Å². The minimum Gasteiger partial charge on any atom is -0.507 e. The van der Waals surface area contributed by atoms with Crippen molar-refractivity contribution in [2.45, 2.75) is 71.6 Å². The van der Waals surface area contributed by atoms with Crippen LogP contribution in [0.25, 0.3) is 0 Å². The van der Waals surface area contributed by atoms with Gasteiger partial charge in [0.1, 0.15) is 11.5 Å². The second-order valence-corrected chi connectivity index (χ2v) is 9.56. The zero-order chi connectivity index (χ0) is 19.3. The normalized spacial score (nSPS) is 27.0. The highest BCUT2D eigenvalue weighted by atomic mass is 16.3. The van der Waals surface area contributed by atoms with Gasteiger partial charge in [0.25, 0.3) is 0 Å². The molecule has 0 radical (unpaired) electrons. The molecule has 0 saturated heterocycles. The smallest absolute Gasteiger partial charge is 0.123 e. The Bertz CT molecular complexity index is 691. The third-order valence-electron chi connectivity index (χ3n) is 7.21. The van der Waals surface area contributed by atoms with Gasteiger partial charge in [-0.1, -0.05) is 53.5 Å². The predicted octanol–water partition coefficient (Wildman–Crippen LogP) is 5.24. The Morgan fingerprint density at radius 2 is 1.77 bits per heavy atom. The molecule has 3 N–H and O–H groups in total. The summed E-state index contributed by atoms with van der Waals surface area (Å²) in [4.78, 5) is 0. The van der Waals surface area contributed by atoms with Crippen LogP contribution in [0.15, 0.2) is 23.8 Å². The van der Waals surface area contributed by atoms with Crippen molar-refractivity contribution >= 4 is 0 Å². The molecule has 3 heteroatoms. The van der Waals surface area contributed by atoms with E-state index in [-0.39, 0.29) is 34.9 Å². The number of phenols is 2. The largest absolute Gasteiger partial charge is 0.507 e. The highest BCUT2D eigenvalue weighted by Gasteiger charge is 2.55. The first-order chi connectivity index (χ1) is 12.1. The van der Waals surface area contributed by atoms with Crippen LogP contribution in [0.2, 0.25) is 0 Å². The van der Waals surface area contributed by atoms with E-state index >= 15 is 0 Å². The van der Waals surface area contributed by atoms with E-state index < -0.39 is 0 Å². The van der Waals surface area contributed by atoms with Crippen LogP contribution in [0.3, 0.4) is 0 Å². The summed E-state index contributed by atoms with van der Waals surface area (Å²) in [6, 6.07) is 3.68. The van der Waals surface area contributed by atoms with Crippen LogP contribution in [-0.4, -0.2) is 21.9 Å². The Morgan fingerprint density at radius 1 is 1.15 bits per heavy atom. The zero-order valence-electron chi connectivity index (χ0n) is 16.8. The van der Waals surface area contributed by atoms with E-state index in [1.165, 1.54) is 0 Å². The summed E-state index contributed by atoms with van der Waals surface area (Å²) in [6.45, 7) is 11.0. The molecule has 0 aromatic heterocycles. The lowest BCUT2D eigenvalue weighted by molar-refractivity contribution is -0.0260. The van der Waals surface area contributed by atoms with Crippen LogP contribution >= 0.6 is 0 Å². The number of allylic oxidation sites excluding steroid dienone is 1. The molecule has 4 rings (SSSR count). The van der Waals surface area contributed by atoms with Crippen LogP contribution in [0.5, 0.6) is 11.5 Å². The summed E-state index contributed by atoms with van der Waals surface area (Å²) in [5, 5.41) is 31.4. The molecular weight excluding hydrogens is 324 g/mol. The molecule has 2 bridgehead atoms. The van der Waals surface area contributed by atoms with Crippen LogP contribution in [0.1, 0.15) is 77.3 Å². The first kappa shape index (κ1) is 19.3. The number of phenolic OH excluding ortho intramolecular Hbond substituents is 2. The molecule has 3 aliphatic carbocycles. The Kier molecular flexibility index (Phi) is 4.89. The fourth-order valence-electron chi connectivity index (χ4n) is 5.23. The van der Waals surface area contributed by atoms with E-state index in [9.17, 15) is 15.3 Å². The number of benzene rings is 1. The number of fused-ring (bicyclic) bond motifs is 1. The van der Waals surface area contributed by atoms with Crippen molar-refractivity contribution in [3.05, 3.63) is 34.9 Å². The summed E-state index contributed by atoms with van der Waals surface area (Å²) >= 11 is 0. The van der Waals surface area contributed by atoms with Gasteiger partial charge in [-0.2, -0.15) is 0 Å². The molecule has 1 aromatic carbocycles. The average molecular weight is 359 g/mol. The highest BCUT2D eigenvalue weighted by molar-refractivity contribution is 5.53. The van der Waals surface area contributed by atoms with Gasteiger partial charge in [-0.05, 0) is 58.8 Å². The first-order valence-corrected chi connectivity index (χ1v) is 10.0. The van der Waals surface area contributed by atoms with Crippen LogP contribution < -0.4 is 0 Å². The molecule has 1 fully saturated rings. The number of aliphatic hydroxyl groups is 1. The summed E-state index contributed by atoms with van der Waals surface area (Å²) < 4.78 is 0. The summed E-state index contributed by atoms with van der Waals surface area (Å²) in [5.74, 6) is 1.14. The molecule has 0 amide bonds. The topological polar surface area (TPSA) is 60.7 Å². The van der Waals surface area contributed by atoms with Crippen molar-refractivity contribution in [3.63, 3.8) is 0 Å². The van der Waals surface area contributed by atoms with Gasteiger partial charge in [0.2, 0.25) is 0 Å². The van der Waals surface area contributed by atoms with Crippen molar-refractivity contribution < 1.29 is 15.3 Å². The number of unbranched alkanes of at least 4 members (excludes halogenated alkanes) is 1. The average Bonchev–Trinajstić information content (AvgIpc) is 2.58. The van der Waals surface area contributed by atoms with Crippen LogP contribution in [0.4, 0.5) is 0 Å². The van der Waals surface area contributed by atoms with Gasteiger partial charge in [-0.15, -0.1) is 0 Å². The number of rotatable bonds is 6. The molecule has 26 heavy (non-hydrogen) atoms. The molecule has 1 saturated carbocycles. The van der Waals surface area contributed by atoms with Gasteiger partial charge in [0, 0.05) is 11.5 Å². The van der Waals surface area contributed by atoms with E-state index in [0.717, 1.165) is 36.8 Å². The molecule has 1 aromatic rings. The lowest BCUT2D eigenvalue weighted by Crippen LogP contribution is -2.51. The van der Waals surface area contributed by atoms with Crippen LogP contribution in [-0.2, 0) is 5.41 Å². The highest BCUT2D eigenvalue weighted by Crippen LogP contribution is 2.64. The monoisotopic (exact) mass is 358 g/mol. The number of hydrogen-bond donors (Lipinski definition) is 3. The van der Waals surface area contributed by atoms with Gasteiger partial charge in [0.15, 0.2) is 0 Å². The standard InChI is InChI=1S/C23H34O3/c1-6-7-8-22(2,3)15-10-19(25)21(20(26)11-15)16-9-14(13-24)17-12-18(16)23(17,4)5/h9-11,16-18,24-26H,6-8,12-13H2,1-5H3/t16-,17-,18+/m0/s1. The van der Waals surface area contributed by atoms with Crippen LogP contribution in [0, 0.1) is 17.3 Å². The molecule has 3 atom stereocenters. The van der Waals surface area contributed by atoms with Gasteiger partial charge >= 0.3 is 0 Å². The molecule has 144 valence electrons. The molecule has 3 aliphatic rings. The molecule has 0 heterocycles. The van der Waals surface area contributed by atoms with E-state index in [4.69, 9.17) is 0 Å². The van der Waals surface area contributed by atoms with Gasteiger partial charge in [-0.25, -0.2) is 0 Å². The van der Waals surface area contributed by atoms with Crippen molar-refractivity contribution in [3.8, 4) is 11.5 Å². The van der Waals surface area contributed by atoms with Crippen molar-refractivity contribution in [1.29, 1.82) is 0 Å². The Hall–Kier alpha value is -1.48. The van der Waals surface area contributed by atoms with Gasteiger partial charge in [0.05, 0.1) is 6.61 Å². The maximum Gasteiger partial charge on any atom is 0.123 e. The third-order valence-corrected chi connectivity index (χ3v) is 7.21. The minimum atomic E-state index is -0.0804. The fourth-order valence-corrected chi connectivity index (χ4v) is 5.23. The van der Waals surface area contributed by atoms with Crippen molar-refractivity contribution in [2.75, 3.05) is 6.61 Å². The molecular formula is C23H34O3. The molecule has 3 nitrogen and oxygen atoms in total. The maximum atomic E-state index is 10.8. The Balaban J connectivity index is 2.00. The van der Waals surface area contributed by atoms with Gasteiger partial charge in [-0.3, -0.25) is 0 Å². The second-order valence-electron chi connectivity index (χ2n) is 9.56. The SMILES string of the molecule is CCCCC(C)(C)c1cc(O)c([C@H]2C=C(CO)[C@@H]3C[C@H]2C3(C)C)c(O)c1. The third kappa shape index (κ3) is 2.94. The molecule has 0 spiro atoms. The Labute approximate surface area is 157 Å². The maximum absolute atomic E-state index is 10.8. The summed E-state index contributed by atoms with van der Waals surface area (Å²) in [5.41, 5.74) is 2.67. The molecule has 0 aliphatic heterocycles. The number of aliphatic hydroxyl groups excluding tert-OH is 1. The summed E-state index contributed by atoms with van der Waals surface area (Å²) in [7, 11) is 0. The Morgan fingerprint density at radius 3 is 2.27 bits per heavy atom. The fraction of sp³-hybridized carbons (Fsp3) is 0.652. The number of aromatic hydroxyl groups is 2. The minimum absolute atomic E-state index is 0.0371. The van der Waals surface area contributed by atoms with E-state index in [1.807, 2.05) is 12.1 Å². The van der Waals surface area contributed by atoms with E-state index in [1.54, 1.807) is 0 Å². The lowest BCUT2D eigenvalue weighted by Gasteiger charge is -2.59. The van der Waals surface area contributed by atoms with E-state index in [2.05, 4.69) is 40.7 Å². The first-order valence-electron chi connectivity index (χ1n) is 10.0. The predicted molar refractivity (Wildman–Crippen MR) is 106 cm³/mol. The number of hydrogen-bond acceptors (Lipinski definition) is 3. The quantitative estimate of drug-likeness (QED) is 0.609. The molecule has 0 unspecified atom stereocenters. The lowest BCUT2D eigenvalue weighted by atomic mass is 9.45. The second kappa shape index (κ2) is 6.60. The van der Waals surface area contributed by atoms with E-state index in [0.29, 0.717) is 17.4 Å².